The van der Waals surface area contributed by atoms with Gasteiger partial charge in [0.2, 0.25) is 0 Å². The second kappa shape index (κ2) is 5.96. The van der Waals surface area contributed by atoms with Crippen molar-refractivity contribution in [2.75, 3.05) is 6.54 Å². The molecule has 1 nitrogen and oxygen atoms in total. The topological polar surface area (TPSA) is 12.0 Å². The maximum absolute atomic E-state index is 13.0. The van der Waals surface area contributed by atoms with E-state index >= 15 is 0 Å². The summed E-state index contributed by atoms with van der Waals surface area (Å²) in [5.74, 6) is 0.737. The van der Waals surface area contributed by atoms with E-state index in [1.807, 2.05) is 6.07 Å². The lowest BCUT2D eigenvalue weighted by molar-refractivity contribution is 0.465. The van der Waals surface area contributed by atoms with Crippen LogP contribution in [0.3, 0.4) is 0 Å². The van der Waals surface area contributed by atoms with Crippen LogP contribution >= 0.6 is 15.9 Å². The molecule has 94 valence electrons. The number of benzene rings is 1. The molecule has 0 spiro atoms. The average Bonchev–Trinajstić information content (AvgIpc) is 3.06. The molecule has 1 saturated carbocycles. The van der Waals surface area contributed by atoms with E-state index in [4.69, 9.17) is 0 Å². The van der Waals surface area contributed by atoms with E-state index in [2.05, 4.69) is 28.2 Å². The molecule has 1 aliphatic carbocycles. The highest BCUT2D eigenvalue weighted by molar-refractivity contribution is 9.10. The molecule has 0 amide bonds. The predicted octanol–water partition coefficient (Wildman–Crippen LogP) is 3.91. The second-order valence-corrected chi connectivity index (χ2v) is 5.73. The van der Waals surface area contributed by atoms with Crippen LogP contribution in [0.1, 0.15) is 31.7 Å². The van der Waals surface area contributed by atoms with Crippen molar-refractivity contribution in [3.05, 3.63) is 34.1 Å². The van der Waals surface area contributed by atoms with Gasteiger partial charge in [0.1, 0.15) is 5.82 Å². The van der Waals surface area contributed by atoms with Crippen LogP contribution in [0.15, 0.2) is 22.7 Å². The van der Waals surface area contributed by atoms with Gasteiger partial charge in [0, 0.05) is 10.5 Å². The molecule has 17 heavy (non-hydrogen) atoms. The summed E-state index contributed by atoms with van der Waals surface area (Å²) in [4.78, 5) is 0. The lowest BCUT2D eigenvalue weighted by Gasteiger charge is -2.18. The van der Waals surface area contributed by atoms with Gasteiger partial charge in [-0.15, -0.1) is 0 Å². The van der Waals surface area contributed by atoms with E-state index in [9.17, 15) is 4.39 Å². The van der Waals surface area contributed by atoms with Crippen LogP contribution in [0.5, 0.6) is 0 Å². The summed E-state index contributed by atoms with van der Waals surface area (Å²) >= 11 is 3.44. The van der Waals surface area contributed by atoms with Crippen LogP contribution in [-0.2, 0) is 6.42 Å². The summed E-state index contributed by atoms with van der Waals surface area (Å²) in [6.45, 7) is 3.13. The molecular formula is C14H19BrFN. The maximum atomic E-state index is 13.0. The van der Waals surface area contributed by atoms with Crippen molar-refractivity contribution in [1.82, 2.24) is 5.32 Å². The highest BCUT2D eigenvalue weighted by Gasteiger charge is 2.25. The van der Waals surface area contributed by atoms with Gasteiger partial charge in [-0.25, -0.2) is 4.39 Å². The highest BCUT2D eigenvalue weighted by atomic mass is 79.9. The Balaban J connectivity index is 1.99. The standard InChI is InChI=1S/C14H19BrFN/c1-2-17-13(7-10-3-4-10)8-11-5-6-12(16)9-14(11)15/h5-6,9-10,13,17H,2-4,7-8H2,1H3. The van der Waals surface area contributed by atoms with Gasteiger partial charge >= 0.3 is 0 Å². The monoisotopic (exact) mass is 299 g/mol. The van der Waals surface area contributed by atoms with Crippen LogP contribution in [-0.4, -0.2) is 12.6 Å². The fourth-order valence-electron chi connectivity index (χ4n) is 2.24. The van der Waals surface area contributed by atoms with Crippen molar-refractivity contribution >= 4 is 15.9 Å². The lowest BCUT2D eigenvalue weighted by Crippen LogP contribution is -2.31. The van der Waals surface area contributed by atoms with Crippen LogP contribution in [0.25, 0.3) is 0 Å². The summed E-state index contributed by atoms with van der Waals surface area (Å²) in [6.07, 6.45) is 4.99. The van der Waals surface area contributed by atoms with Crippen molar-refractivity contribution in [1.29, 1.82) is 0 Å². The Hall–Kier alpha value is -0.410. The molecule has 1 unspecified atom stereocenters. The molecule has 0 saturated heterocycles. The van der Waals surface area contributed by atoms with Gasteiger partial charge in [-0.3, -0.25) is 0 Å². The quantitative estimate of drug-likeness (QED) is 0.840. The number of nitrogens with one attached hydrogen (secondary N) is 1. The fraction of sp³-hybridized carbons (Fsp3) is 0.571. The van der Waals surface area contributed by atoms with E-state index < -0.39 is 0 Å². The second-order valence-electron chi connectivity index (χ2n) is 4.87. The van der Waals surface area contributed by atoms with Gasteiger partial charge in [-0.05, 0) is 43.0 Å². The third-order valence-corrected chi connectivity index (χ3v) is 4.03. The van der Waals surface area contributed by atoms with Crippen molar-refractivity contribution in [3.63, 3.8) is 0 Å². The average molecular weight is 300 g/mol. The van der Waals surface area contributed by atoms with E-state index in [0.29, 0.717) is 6.04 Å². The minimum absolute atomic E-state index is 0.178. The minimum atomic E-state index is -0.178. The van der Waals surface area contributed by atoms with E-state index in [1.165, 1.54) is 24.8 Å². The van der Waals surface area contributed by atoms with Gasteiger partial charge in [0.25, 0.3) is 0 Å². The summed E-state index contributed by atoms with van der Waals surface area (Å²) in [5.41, 5.74) is 1.19. The Morgan fingerprint density at radius 3 is 2.82 bits per heavy atom. The molecule has 0 heterocycles. The molecule has 1 aliphatic rings. The third kappa shape index (κ3) is 4.07. The van der Waals surface area contributed by atoms with Crippen molar-refractivity contribution in [2.24, 2.45) is 5.92 Å². The molecule has 0 radical (unpaired) electrons. The Morgan fingerprint density at radius 1 is 1.47 bits per heavy atom. The number of hydrogen-bond donors (Lipinski definition) is 1. The largest absolute Gasteiger partial charge is 0.314 e. The Bertz CT molecular complexity index is 376. The fourth-order valence-corrected chi connectivity index (χ4v) is 2.75. The molecule has 0 aromatic heterocycles. The first kappa shape index (κ1) is 13.0. The molecule has 2 rings (SSSR count). The van der Waals surface area contributed by atoms with Crippen LogP contribution in [0, 0.1) is 11.7 Å². The molecule has 1 atom stereocenters. The van der Waals surface area contributed by atoms with Gasteiger partial charge in [-0.1, -0.05) is 41.8 Å². The summed E-state index contributed by atoms with van der Waals surface area (Å²) in [6, 6.07) is 5.50. The number of rotatable bonds is 6. The lowest BCUT2D eigenvalue weighted by atomic mass is 10.0. The first-order chi connectivity index (χ1) is 8.19. The van der Waals surface area contributed by atoms with Crippen molar-refractivity contribution in [3.8, 4) is 0 Å². The van der Waals surface area contributed by atoms with Gasteiger partial charge in [0.05, 0.1) is 0 Å². The summed E-state index contributed by atoms with van der Waals surface area (Å²) in [7, 11) is 0. The SMILES string of the molecule is CCNC(Cc1ccc(F)cc1Br)CC1CC1. The van der Waals surface area contributed by atoms with Gasteiger partial charge in [0.15, 0.2) is 0 Å². The molecule has 0 bridgehead atoms. The predicted molar refractivity (Wildman–Crippen MR) is 72.6 cm³/mol. The van der Waals surface area contributed by atoms with Gasteiger partial charge in [-0.2, -0.15) is 0 Å². The zero-order chi connectivity index (χ0) is 12.3. The zero-order valence-electron chi connectivity index (χ0n) is 10.2. The molecule has 1 fully saturated rings. The molecule has 1 aromatic carbocycles. The molecule has 1 aromatic rings. The zero-order valence-corrected chi connectivity index (χ0v) is 11.8. The van der Waals surface area contributed by atoms with E-state index in [1.54, 1.807) is 12.1 Å². The molecule has 3 heteroatoms. The van der Waals surface area contributed by atoms with Gasteiger partial charge < -0.3 is 5.32 Å². The number of hydrogen-bond acceptors (Lipinski definition) is 1. The highest BCUT2D eigenvalue weighted by Crippen LogP contribution is 2.34. The van der Waals surface area contributed by atoms with Crippen molar-refractivity contribution < 1.29 is 4.39 Å². The van der Waals surface area contributed by atoms with Crippen LogP contribution < -0.4 is 5.32 Å². The first-order valence-electron chi connectivity index (χ1n) is 6.36. The molecular weight excluding hydrogens is 281 g/mol. The summed E-state index contributed by atoms with van der Waals surface area (Å²) in [5, 5.41) is 3.53. The van der Waals surface area contributed by atoms with E-state index in [0.717, 1.165) is 23.4 Å². The Morgan fingerprint density at radius 2 is 2.24 bits per heavy atom. The van der Waals surface area contributed by atoms with Crippen LogP contribution in [0.4, 0.5) is 4.39 Å². The van der Waals surface area contributed by atoms with Crippen molar-refractivity contribution in [2.45, 2.75) is 38.6 Å². The number of halogens is 2. The number of likely N-dealkylation sites (N-methyl/N-ethyl adjacent to an activating group) is 1. The van der Waals surface area contributed by atoms with E-state index in [-0.39, 0.29) is 5.82 Å². The Labute approximate surface area is 111 Å². The first-order valence-corrected chi connectivity index (χ1v) is 7.15. The van der Waals surface area contributed by atoms with Crippen LogP contribution in [0.2, 0.25) is 0 Å². The molecule has 1 N–H and O–H groups in total. The smallest absolute Gasteiger partial charge is 0.124 e. The Kier molecular flexibility index (Phi) is 4.57. The molecule has 0 aliphatic heterocycles. The minimum Gasteiger partial charge on any atom is -0.314 e. The third-order valence-electron chi connectivity index (χ3n) is 3.29. The summed E-state index contributed by atoms with van der Waals surface area (Å²) < 4.78 is 13.9. The normalized spacial score (nSPS) is 17.1. The maximum Gasteiger partial charge on any atom is 0.124 e.